The van der Waals surface area contributed by atoms with Crippen LogP contribution in [0.5, 0.6) is 0 Å². The Labute approximate surface area is 100 Å². The molecule has 0 spiro atoms. The number of aryl methyl sites for hydroxylation is 1. The Hall–Kier alpha value is -1.81. The predicted octanol–water partition coefficient (Wildman–Crippen LogP) is 1.45. The van der Waals surface area contributed by atoms with Crippen LogP contribution in [0.1, 0.15) is 18.4 Å². The molecule has 0 atom stereocenters. The van der Waals surface area contributed by atoms with E-state index in [4.69, 9.17) is 5.73 Å². The second kappa shape index (κ2) is 5.50. The zero-order valence-corrected chi connectivity index (χ0v) is 9.73. The van der Waals surface area contributed by atoms with Crippen molar-refractivity contribution in [3.63, 3.8) is 0 Å². The average molecular weight is 231 g/mol. The number of aromatic nitrogens is 2. The molecule has 0 fully saturated rings. The van der Waals surface area contributed by atoms with E-state index in [-0.39, 0.29) is 5.69 Å². The Bertz CT molecular complexity index is 510. The molecule has 0 saturated heterocycles. The van der Waals surface area contributed by atoms with E-state index >= 15 is 0 Å². The minimum Gasteiger partial charge on any atom is -0.330 e. The smallest absolute Gasteiger partial charge is 0.330 e. The number of unbranched alkanes of at least 4 members (excludes halogenated alkanes) is 1. The number of nitrogens with two attached hydrogens (primary N) is 1. The highest BCUT2D eigenvalue weighted by atomic mass is 16.1. The fourth-order valence-corrected chi connectivity index (χ4v) is 1.82. The maximum Gasteiger partial charge on any atom is 0.330 e. The van der Waals surface area contributed by atoms with Gasteiger partial charge >= 0.3 is 5.69 Å². The van der Waals surface area contributed by atoms with Gasteiger partial charge in [0.2, 0.25) is 0 Å². The molecule has 0 amide bonds. The van der Waals surface area contributed by atoms with Crippen molar-refractivity contribution in [1.82, 2.24) is 9.55 Å². The summed E-state index contributed by atoms with van der Waals surface area (Å²) in [6.07, 6.45) is 6.57. The van der Waals surface area contributed by atoms with Crippen LogP contribution in [0.2, 0.25) is 0 Å². The van der Waals surface area contributed by atoms with Crippen LogP contribution in [0.25, 0.3) is 5.69 Å². The van der Waals surface area contributed by atoms with Crippen molar-refractivity contribution < 1.29 is 0 Å². The Morgan fingerprint density at radius 2 is 1.94 bits per heavy atom. The van der Waals surface area contributed by atoms with Crippen molar-refractivity contribution in [2.24, 2.45) is 5.73 Å². The molecule has 1 aromatic carbocycles. The normalized spacial score (nSPS) is 10.6. The number of imidazole rings is 1. The Kier molecular flexibility index (Phi) is 3.77. The first kappa shape index (κ1) is 11.7. The first-order valence-electron chi connectivity index (χ1n) is 5.86. The first-order chi connectivity index (χ1) is 8.31. The van der Waals surface area contributed by atoms with E-state index in [1.54, 1.807) is 17.0 Å². The molecule has 2 aromatic rings. The quantitative estimate of drug-likeness (QED) is 0.765. The van der Waals surface area contributed by atoms with E-state index in [2.05, 4.69) is 17.1 Å². The van der Waals surface area contributed by atoms with Crippen LogP contribution in [0.15, 0.2) is 41.5 Å². The molecule has 0 aliphatic rings. The highest BCUT2D eigenvalue weighted by molar-refractivity contribution is 5.34. The topological polar surface area (TPSA) is 63.8 Å². The SMILES string of the molecule is NCCCCc1ccc(-n2cc[nH]c2=O)cc1. The number of nitrogens with zero attached hydrogens (tertiary/aromatic N) is 1. The Morgan fingerprint density at radius 3 is 2.53 bits per heavy atom. The third-order valence-electron chi connectivity index (χ3n) is 2.78. The van der Waals surface area contributed by atoms with Crippen molar-refractivity contribution in [2.75, 3.05) is 6.54 Å². The zero-order chi connectivity index (χ0) is 12.1. The van der Waals surface area contributed by atoms with Gasteiger partial charge in [-0.15, -0.1) is 0 Å². The molecule has 0 aliphatic heterocycles. The van der Waals surface area contributed by atoms with Crippen molar-refractivity contribution >= 4 is 0 Å². The van der Waals surface area contributed by atoms with Gasteiger partial charge in [-0.05, 0) is 43.5 Å². The van der Waals surface area contributed by atoms with Gasteiger partial charge in [0.25, 0.3) is 0 Å². The lowest BCUT2D eigenvalue weighted by Gasteiger charge is -2.04. The van der Waals surface area contributed by atoms with Gasteiger partial charge in [-0.3, -0.25) is 4.57 Å². The van der Waals surface area contributed by atoms with Crippen LogP contribution in [-0.2, 0) is 6.42 Å². The van der Waals surface area contributed by atoms with Gasteiger partial charge in [0, 0.05) is 12.4 Å². The fourth-order valence-electron chi connectivity index (χ4n) is 1.82. The first-order valence-corrected chi connectivity index (χ1v) is 5.86. The lowest BCUT2D eigenvalue weighted by atomic mass is 10.1. The van der Waals surface area contributed by atoms with Gasteiger partial charge in [0.1, 0.15) is 0 Å². The second-order valence-corrected chi connectivity index (χ2v) is 4.05. The van der Waals surface area contributed by atoms with E-state index < -0.39 is 0 Å². The highest BCUT2D eigenvalue weighted by Gasteiger charge is 1.99. The summed E-state index contributed by atoms with van der Waals surface area (Å²) >= 11 is 0. The standard InChI is InChI=1S/C13H17N3O/c14-8-2-1-3-11-4-6-12(7-5-11)16-10-9-15-13(16)17/h4-7,9-10H,1-3,8,14H2,(H,15,17). The molecule has 3 N–H and O–H groups in total. The Morgan fingerprint density at radius 1 is 1.18 bits per heavy atom. The monoisotopic (exact) mass is 231 g/mol. The molecular weight excluding hydrogens is 214 g/mol. The molecule has 1 heterocycles. The van der Waals surface area contributed by atoms with Crippen LogP contribution in [0.4, 0.5) is 0 Å². The highest BCUT2D eigenvalue weighted by Crippen LogP contribution is 2.10. The lowest BCUT2D eigenvalue weighted by molar-refractivity contribution is 0.744. The molecule has 0 aliphatic carbocycles. The summed E-state index contributed by atoms with van der Waals surface area (Å²) in [5, 5.41) is 0. The van der Waals surface area contributed by atoms with E-state index in [9.17, 15) is 4.79 Å². The summed E-state index contributed by atoms with van der Waals surface area (Å²) in [4.78, 5) is 14.0. The molecule has 0 saturated carbocycles. The van der Waals surface area contributed by atoms with Gasteiger partial charge in [-0.25, -0.2) is 4.79 Å². The van der Waals surface area contributed by atoms with Gasteiger partial charge in [0.15, 0.2) is 0 Å². The maximum atomic E-state index is 11.4. The number of rotatable bonds is 5. The molecule has 0 bridgehead atoms. The third-order valence-corrected chi connectivity index (χ3v) is 2.78. The van der Waals surface area contributed by atoms with Crippen LogP contribution >= 0.6 is 0 Å². The number of benzene rings is 1. The summed E-state index contributed by atoms with van der Waals surface area (Å²) in [5.74, 6) is 0. The van der Waals surface area contributed by atoms with E-state index in [0.29, 0.717) is 0 Å². The van der Waals surface area contributed by atoms with Crippen LogP contribution in [0.3, 0.4) is 0 Å². The molecule has 4 heteroatoms. The van der Waals surface area contributed by atoms with Gasteiger partial charge in [0.05, 0.1) is 5.69 Å². The van der Waals surface area contributed by atoms with Gasteiger partial charge in [-0.1, -0.05) is 12.1 Å². The largest absolute Gasteiger partial charge is 0.330 e. The second-order valence-electron chi connectivity index (χ2n) is 4.05. The van der Waals surface area contributed by atoms with Gasteiger partial charge in [-0.2, -0.15) is 0 Å². The number of nitrogens with one attached hydrogen (secondary N) is 1. The maximum absolute atomic E-state index is 11.4. The number of aromatic amines is 1. The zero-order valence-electron chi connectivity index (χ0n) is 9.73. The van der Waals surface area contributed by atoms with E-state index in [1.165, 1.54) is 5.56 Å². The molecule has 17 heavy (non-hydrogen) atoms. The molecule has 90 valence electrons. The number of hydrogen-bond donors (Lipinski definition) is 2. The summed E-state index contributed by atoms with van der Waals surface area (Å²) in [6, 6.07) is 8.05. The number of H-pyrrole nitrogens is 1. The summed E-state index contributed by atoms with van der Waals surface area (Å²) < 4.78 is 1.59. The molecule has 0 radical (unpaired) electrons. The minimum absolute atomic E-state index is 0.110. The van der Waals surface area contributed by atoms with Gasteiger partial charge < -0.3 is 10.7 Å². The predicted molar refractivity (Wildman–Crippen MR) is 68.4 cm³/mol. The van der Waals surface area contributed by atoms with Crippen LogP contribution < -0.4 is 11.4 Å². The van der Waals surface area contributed by atoms with Crippen molar-refractivity contribution in [2.45, 2.75) is 19.3 Å². The third kappa shape index (κ3) is 2.85. The lowest BCUT2D eigenvalue weighted by Crippen LogP contribution is -2.13. The van der Waals surface area contributed by atoms with Crippen molar-refractivity contribution in [1.29, 1.82) is 0 Å². The minimum atomic E-state index is -0.110. The molecule has 2 rings (SSSR count). The summed E-state index contributed by atoms with van der Waals surface area (Å²) in [5.41, 5.74) is 7.52. The summed E-state index contributed by atoms with van der Waals surface area (Å²) in [6.45, 7) is 0.747. The van der Waals surface area contributed by atoms with E-state index in [0.717, 1.165) is 31.5 Å². The molecular formula is C13H17N3O. The molecule has 1 aromatic heterocycles. The van der Waals surface area contributed by atoms with Crippen molar-refractivity contribution in [3.05, 3.63) is 52.7 Å². The average Bonchev–Trinajstić information content (AvgIpc) is 2.77. The van der Waals surface area contributed by atoms with E-state index in [1.807, 2.05) is 12.1 Å². The number of hydrogen-bond acceptors (Lipinski definition) is 2. The fraction of sp³-hybridized carbons (Fsp3) is 0.308. The molecule has 4 nitrogen and oxygen atoms in total. The van der Waals surface area contributed by atoms with Crippen LogP contribution in [-0.4, -0.2) is 16.1 Å². The Balaban J connectivity index is 2.08. The van der Waals surface area contributed by atoms with Crippen LogP contribution in [0, 0.1) is 0 Å². The summed E-state index contributed by atoms with van der Waals surface area (Å²) in [7, 11) is 0. The van der Waals surface area contributed by atoms with Crippen molar-refractivity contribution in [3.8, 4) is 5.69 Å². The molecule has 0 unspecified atom stereocenters.